The van der Waals surface area contributed by atoms with Gasteiger partial charge in [-0.2, -0.15) is 0 Å². The number of rotatable bonds is 6. The topological polar surface area (TPSA) is 64.3 Å². The Labute approximate surface area is 120 Å². The van der Waals surface area contributed by atoms with Crippen LogP contribution in [-0.4, -0.2) is 19.0 Å². The van der Waals surface area contributed by atoms with Crippen LogP contribution in [-0.2, 0) is 18.0 Å². The molecule has 0 fully saturated rings. The van der Waals surface area contributed by atoms with Crippen molar-refractivity contribution in [1.82, 2.24) is 5.32 Å². The molecule has 0 atom stereocenters. The summed E-state index contributed by atoms with van der Waals surface area (Å²) >= 11 is 0. The van der Waals surface area contributed by atoms with Gasteiger partial charge in [0.05, 0.1) is 13.2 Å². The number of carbonyl (C=O) groups excluding carboxylic acids is 1. The minimum atomic E-state index is -0.0283. The molecule has 1 amide bonds. The van der Waals surface area contributed by atoms with E-state index in [9.17, 15) is 4.79 Å². The molecule has 0 aromatic heterocycles. The fourth-order valence-electron chi connectivity index (χ4n) is 2.54. The summed E-state index contributed by atoms with van der Waals surface area (Å²) in [5, 5.41) is 3.02. The van der Waals surface area contributed by atoms with Crippen LogP contribution in [0.2, 0.25) is 0 Å². The lowest BCUT2D eigenvalue weighted by Gasteiger charge is -2.30. The summed E-state index contributed by atoms with van der Waals surface area (Å²) in [5.41, 5.74) is 8.87. The Morgan fingerprint density at radius 2 is 2.00 bits per heavy atom. The zero-order valence-electron chi connectivity index (χ0n) is 12.4. The molecule has 110 valence electrons. The Hall–Kier alpha value is -1.39. The maximum atomic E-state index is 12.2. The molecule has 0 bridgehead atoms. The minimum absolute atomic E-state index is 0.00942. The van der Waals surface area contributed by atoms with Crippen molar-refractivity contribution < 1.29 is 9.53 Å². The largest absolute Gasteiger partial charge is 0.372 e. The van der Waals surface area contributed by atoms with Gasteiger partial charge in [0.25, 0.3) is 5.91 Å². The van der Waals surface area contributed by atoms with E-state index in [4.69, 9.17) is 10.5 Å². The molecule has 0 saturated carbocycles. The standard InChI is InChI=1S/C16H24N2O2/c1-3-16(4-2,10-17)11-18-15(19)12-5-6-13-8-20-9-14(13)7-12/h5-7H,3-4,8-11,17H2,1-2H3,(H,18,19). The van der Waals surface area contributed by atoms with Gasteiger partial charge in [0, 0.05) is 12.1 Å². The second kappa shape index (κ2) is 6.37. The summed E-state index contributed by atoms with van der Waals surface area (Å²) in [4.78, 5) is 12.2. The fourth-order valence-corrected chi connectivity index (χ4v) is 2.54. The zero-order chi connectivity index (χ0) is 14.6. The van der Waals surface area contributed by atoms with Crippen LogP contribution < -0.4 is 11.1 Å². The minimum Gasteiger partial charge on any atom is -0.372 e. The second-order valence-corrected chi connectivity index (χ2v) is 5.57. The Bertz CT molecular complexity index is 473. The van der Waals surface area contributed by atoms with Gasteiger partial charge in [0.2, 0.25) is 0 Å². The van der Waals surface area contributed by atoms with Crippen LogP contribution in [0.1, 0.15) is 48.2 Å². The number of hydrogen-bond acceptors (Lipinski definition) is 3. The highest BCUT2D eigenvalue weighted by Crippen LogP contribution is 2.24. The van der Waals surface area contributed by atoms with Crippen molar-refractivity contribution in [2.24, 2.45) is 11.1 Å². The monoisotopic (exact) mass is 276 g/mol. The van der Waals surface area contributed by atoms with Crippen molar-refractivity contribution in [3.63, 3.8) is 0 Å². The first-order valence-corrected chi connectivity index (χ1v) is 7.32. The van der Waals surface area contributed by atoms with Crippen molar-refractivity contribution >= 4 is 5.91 Å². The van der Waals surface area contributed by atoms with E-state index in [-0.39, 0.29) is 11.3 Å². The van der Waals surface area contributed by atoms with Crippen LogP contribution in [0.4, 0.5) is 0 Å². The van der Waals surface area contributed by atoms with Crippen molar-refractivity contribution in [3.05, 3.63) is 34.9 Å². The Kier molecular flexibility index (Phi) is 4.78. The molecular formula is C16H24N2O2. The maximum Gasteiger partial charge on any atom is 0.251 e. The van der Waals surface area contributed by atoms with E-state index in [1.54, 1.807) is 0 Å². The van der Waals surface area contributed by atoms with Crippen LogP contribution in [0.15, 0.2) is 18.2 Å². The lowest BCUT2D eigenvalue weighted by atomic mass is 9.82. The van der Waals surface area contributed by atoms with Gasteiger partial charge in [0.1, 0.15) is 0 Å². The Balaban J connectivity index is 2.02. The molecule has 0 unspecified atom stereocenters. The number of nitrogens with one attached hydrogen (secondary N) is 1. The first-order chi connectivity index (χ1) is 9.64. The average Bonchev–Trinajstić information content (AvgIpc) is 2.96. The highest BCUT2D eigenvalue weighted by molar-refractivity contribution is 5.94. The summed E-state index contributed by atoms with van der Waals surface area (Å²) < 4.78 is 5.37. The molecule has 3 N–H and O–H groups in total. The van der Waals surface area contributed by atoms with Gasteiger partial charge in [-0.05, 0) is 48.1 Å². The Morgan fingerprint density at radius 3 is 2.65 bits per heavy atom. The lowest BCUT2D eigenvalue weighted by molar-refractivity contribution is 0.0928. The van der Waals surface area contributed by atoms with Gasteiger partial charge in [-0.3, -0.25) is 4.79 Å². The van der Waals surface area contributed by atoms with Crippen LogP contribution in [0.25, 0.3) is 0 Å². The van der Waals surface area contributed by atoms with Gasteiger partial charge < -0.3 is 15.8 Å². The molecule has 2 rings (SSSR count). The third-order valence-corrected chi connectivity index (χ3v) is 4.54. The zero-order valence-corrected chi connectivity index (χ0v) is 12.4. The molecule has 4 nitrogen and oxygen atoms in total. The van der Waals surface area contributed by atoms with Gasteiger partial charge in [0.15, 0.2) is 0 Å². The van der Waals surface area contributed by atoms with E-state index in [1.165, 1.54) is 5.56 Å². The summed E-state index contributed by atoms with van der Waals surface area (Å²) in [6.45, 7) is 6.72. The molecule has 20 heavy (non-hydrogen) atoms. The number of ether oxygens (including phenoxy) is 1. The first-order valence-electron chi connectivity index (χ1n) is 7.32. The van der Waals surface area contributed by atoms with E-state index in [0.717, 1.165) is 18.4 Å². The average molecular weight is 276 g/mol. The molecule has 4 heteroatoms. The number of carbonyl (C=O) groups is 1. The van der Waals surface area contributed by atoms with Gasteiger partial charge >= 0.3 is 0 Å². The molecule has 0 spiro atoms. The maximum absolute atomic E-state index is 12.2. The number of fused-ring (bicyclic) bond motifs is 1. The molecule has 0 radical (unpaired) electrons. The van der Waals surface area contributed by atoms with Crippen LogP contribution in [0.3, 0.4) is 0 Å². The molecule has 1 heterocycles. The number of hydrogen-bond donors (Lipinski definition) is 2. The normalized spacial score (nSPS) is 14.2. The summed E-state index contributed by atoms with van der Waals surface area (Å²) in [6.07, 6.45) is 1.94. The summed E-state index contributed by atoms with van der Waals surface area (Å²) in [6, 6.07) is 5.78. The van der Waals surface area contributed by atoms with Crippen molar-refractivity contribution in [2.75, 3.05) is 13.1 Å². The van der Waals surface area contributed by atoms with Crippen molar-refractivity contribution in [1.29, 1.82) is 0 Å². The predicted molar refractivity (Wildman–Crippen MR) is 79.3 cm³/mol. The van der Waals surface area contributed by atoms with E-state index in [1.807, 2.05) is 18.2 Å². The van der Waals surface area contributed by atoms with E-state index in [0.29, 0.717) is 31.9 Å². The summed E-state index contributed by atoms with van der Waals surface area (Å²) in [7, 11) is 0. The van der Waals surface area contributed by atoms with Crippen LogP contribution >= 0.6 is 0 Å². The van der Waals surface area contributed by atoms with Gasteiger partial charge in [-0.15, -0.1) is 0 Å². The first kappa shape index (κ1) is 15.0. The molecule has 1 aliphatic rings. The smallest absolute Gasteiger partial charge is 0.251 e. The third kappa shape index (κ3) is 3.02. The molecular weight excluding hydrogens is 252 g/mol. The van der Waals surface area contributed by atoms with Crippen LogP contribution in [0, 0.1) is 5.41 Å². The van der Waals surface area contributed by atoms with Crippen molar-refractivity contribution in [3.8, 4) is 0 Å². The number of benzene rings is 1. The molecule has 1 aromatic carbocycles. The molecule has 0 aliphatic carbocycles. The van der Waals surface area contributed by atoms with Crippen molar-refractivity contribution in [2.45, 2.75) is 39.9 Å². The van der Waals surface area contributed by atoms with E-state index < -0.39 is 0 Å². The Morgan fingerprint density at radius 1 is 1.30 bits per heavy atom. The van der Waals surface area contributed by atoms with Gasteiger partial charge in [-0.25, -0.2) is 0 Å². The number of nitrogens with two attached hydrogens (primary N) is 1. The van der Waals surface area contributed by atoms with E-state index in [2.05, 4.69) is 19.2 Å². The highest BCUT2D eigenvalue weighted by atomic mass is 16.5. The quantitative estimate of drug-likeness (QED) is 0.837. The predicted octanol–water partition coefficient (Wildman–Crippen LogP) is 2.21. The third-order valence-electron chi connectivity index (χ3n) is 4.54. The summed E-state index contributed by atoms with van der Waals surface area (Å²) in [5.74, 6) is -0.0283. The van der Waals surface area contributed by atoms with Gasteiger partial charge in [-0.1, -0.05) is 19.9 Å². The van der Waals surface area contributed by atoms with Crippen LogP contribution in [0.5, 0.6) is 0 Å². The molecule has 0 saturated heterocycles. The lowest BCUT2D eigenvalue weighted by Crippen LogP contribution is -2.41. The fraction of sp³-hybridized carbons (Fsp3) is 0.562. The molecule has 1 aliphatic heterocycles. The second-order valence-electron chi connectivity index (χ2n) is 5.57. The molecule has 1 aromatic rings. The SMILES string of the molecule is CCC(CC)(CN)CNC(=O)c1ccc2c(c1)COC2. The highest BCUT2D eigenvalue weighted by Gasteiger charge is 2.25. The number of amides is 1. The van der Waals surface area contributed by atoms with E-state index >= 15 is 0 Å².